The summed E-state index contributed by atoms with van der Waals surface area (Å²) in [5.74, 6) is -0.00599. The monoisotopic (exact) mass is 321 g/mol. The number of benzene rings is 1. The fraction of sp³-hybridized carbons (Fsp3) is 0.273. The van der Waals surface area contributed by atoms with Gasteiger partial charge in [-0.3, -0.25) is 15.6 Å². The molecule has 104 valence electrons. The summed E-state index contributed by atoms with van der Waals surface area (Å²) in [7, 11) is 1.63. The van der Waals surface area contributed by atoms with E-state index in [9.17, 15) is 4.79 Å². The first-order valence-electron chi connectivity index (χ1n) is 5.33. The number of hydrogen-bond acceptors (Lipinski definition) is 3. The standard InChI is InChI=1S/C11H13Cl2N3O2S/c1-6(10(17)15-16-11(19)14-2)18-9-4-3-7(12)5-8(9)13/h3-6H,1-2H3,(H,15,17)(H2,14,16,19). The Morgan fingerprint density at radius 2 is 2.05 bits per heavy atom. The van der Waals surface area contributed by atoms with Crippen LogP contribution in [0.4, 0.5) is 0 Å². The van der Waals surface area contributed by atoms with Crippen LogP contribution in [0.3, 0.4) is 0 Å². The summed E-state index contributed by atoms with van der Waals surface area (Å²) >= 11 is 16.5. The highest BCUT2D eigenvalue weighted by molar-refractivity contribution is 7.80. The highest BCUT2D eigenvalue weighted by Gasteiger charge is 2.16. The third-order valence-corrected chi connectivity index (χ3v) is 2.93. The molecule has 19 heavy (non-hydrogen) atoms. The first-order valence-corrected chi connectivity index (χ1v) is 6.49. The van der Waals surface area contributed by atoms with Gasteiger partial charge in [-0.25, -0.2) is 0 Å². The molecule has 8 heteroatoms. The van der Waals surface area contributed by atoms with Gasteiger partial charge in [-0.2, -0.15) is 0 Å². The predicted octanol–water partition coefficient (Wildman–Crippen LogP) is 1.89. The van der Waals surface area contributed by atoms with E-state index in [4.69, 9.17) is 40.2 Å². The van der Waals surface area contributed by atoms with E-state index in [2.05, 4.69) is 16.2 Å². The van der Waals surface area contributed by atoms with Crippen LogP contribution in [0.2, 0.25) is 10.0 Å². The number of carbonyl (C=O) groups is 1. The number of thiocarbonyl (C=S) groups is 1. The SMILES string of the molecule is CNC(=S)NNC(=O)C(C)Oc1ccc(Cl)cc1Cl. The minimum Gasteiger partial charge on any atom is -0.479 e. The van der Waals surface area contributed by atoms with Gasteiger partial charge in [-0.1, -0.05) is 23.2 Å². The van der Waals surface area contributed by atoms with E-state index < -0.39 is 6.10 Å². The second kappa shape index (κ2) is 7.37. The molecule has 5 nitrogen and oxygen atoms in total. The molecule has 0 fully saturated rings. The molecule has 0 aliphatic carbocycles. The lowest BCUT2D eigenvalue weighted by Crippen LogP contribution is -2.49. The molecule has 0 heterocycles. The molecule has 1 amide bonds. The molecule has 0 aliphatic rings. The summed E-state index contributed by atoms with van der Waals surface area (Å²) in [5.41, 5.74) is 4.91. The smallest absolute Gasteiger partial charge is 0.279 e. The second-order valence-electron chi connectivity index (χ2n) is 3.53. The van der Waals surface area contributed by atoms with Crippen LogP contribution in [-0.2, 0) is 4.79 Å². The molecule has 0 aliphatic heterocycles. The molecule has 0 radical (unpaired) electrons. The van der Waals surface area contributed by atoms with Crippen LogP contribution in [-0.4, -0.2) is 24.2 Å². The van der Waals surface area contributed by atoms with Gasteiger partial charge in [0.25, 0.3) is 5.91 Å². The Kier molecular flexibility index (Phi) is 6.14. The normalized spacial score (nSPS) is 11.4. The van der Waals surface area contributed by atoms with E-state index in [1.807, 2.05) is 0 Å². The topological polar surface area (TPSA) is 62.4 Å². The Balaban J connectivity index is 2.56. The van der Waals surface area contributed by atoms with Crippen molar-refractivity contribution in [3.63, 3.8) is 0 Å². The third kappa shape index (κ3) is 5.10. The molecule has 1 atom stereocenters. The number of rotatable bonds is 3. The fourth-order valence-electron chi connectivity index (χ4n) is 1.10. The Labute approximate surface area is 126 Å². The molecule has 1 aromatic rings. The van der Waals surface area contributed by atoms with Crippen molar-refractivity contribution in [2.24, 2.45) is 0 Å². The summed E-state index contributed by atoms with van der Waals surface area (Å²) in [5, 5.41) is 3.78. The predicted molar refractivity (Wildman–Crippen MR) is 79.5 cm³/mol. The first-order chi connectivity index (χ1) is 8.93. The van der Waals surface area contributed by atoms with Crippen molar-refractivity contribution in [1.29, 1.82) is 0 Å². The number of hydrogen-bond donors (Lipinski definition) is 3. The first kappa shape index (κ1) is 15.8. The minimum atomic E-state index is -0.745. The van der Waals surface area contributed by atoms with Crippen molar-refractivity contribution < 1.29 is 9.53 Å². The number of nitrogens with one attached hydrogen (secondary N) is 3. The van der Waals surface area contributed by atoms with E-state index >= 15 is 0 Å². The molecule has 0 bridgehead atoms. The lowest BCUT2D eigenvalue weighted by Gasteiger charge is -2.16. The quantitative estimate of drug-likeness (QED) is 0.586. The molecule has 1 unspecified atom stereocenters. The number of carbonyl (C=O) groups excluding carboxylic acids is 1. The Morgan fingerprint density at radius 3 is 2.63 bits per heavy atom. The summed E-state index contributed by atoms with van der Waals surface area (Å²) in [4.78, 5) is 11.7. The maximum absolute atomic E-state index is 11.7. The van der Waals surface area contributed by atoms with Gasteiger partial charge >= 0.3 is 0 Å². The summed E-state index contributed by atoms with van der Waals surface area (Å²) < 4.78 is 5.42. The summed E-state index contributed by atoms with van der Waals surface area (Å²) in [6.07, 6.45) is -0.745. The second-order valence-corrected chi connectivity index (χ2v) is 4.78. The van der Waals surface area contributed by atoms with Crippen molar-refractivity contribution in [1.82, 2.24) is 16.2 Å². The maximum Gasteiger partial charge on any atom is 0.279 e. The van der Waals surface area contributed by atoms with Gasteiger partial charge in [-0.05, 0) is 37.3 Å². The largest absolute Gasteiger partial charge is 0.479 e. The zero-order valence-electron chi connectivity index (χ0n) is 10.3. The van der Waals surface area contributed by atoms with Gasteiger partial charge in [0.1, 0.15) is 5.75 Å². The van der Waals surface area contributed by atoms with Crippen molar-refractivity contribution in [2.75, 3.05) is 7.05 Å². The molecule has 3 N–H and O–H groups in total. The summed E-state index contributed by atoms with van der Waals surface area (Å²) in [6, 6.07) is 4.76. The van der Waals surface area contributed by atoms with Crippen molar-refractivity contribution in [3.05, 3.63) is 28.2 Å². The Bertz CT molecular complexity index is 485. The molecule has 1 rings (SSSR count). The van der Waals surface area contributed by atoms with Gasteiger partial charge in [0, 0.05) is 12.1 Å². The van der Waals surface area contributed by atoms with Crippen molar-refractivity contribution in [3.8, 4) is 5.75 Å². The van der Waals surface area contributed by atoms with E-state index in [0.717, 1.165) is 0 Å². The van der Waals surface area contributed by atoms with E-state index in [1.54, 1.807) is 26.1 Å². The van der Waals surface area contributed by atoms with Gasteiger partial charge in [0.05, 0.1) is 5.02 Å². The van der Waals surface area contributed by atoms with E-state index in [0.29, 0.717) is 20.9 Å². The Morgan fingerprint density at radius 1 is 1.37 bits per heavy atom. The van der Waals surface area contributed by atoms with Gasteiger partial charge in [0.2, 0.25) is 0 Å². The number of halogens is 2. The number of ether oxygens (including phenoxy) is 1. The molecule has 0 spiro atoms. The van der Waals surface area contributed by atoms with Crippen molar-refractivity contribution >= 4 is 46.4 Å². The number of hydrazine groups is 1. The lowest BCUT2D eigenvalue weighted by molar-refractivity contribution is -0.127. The van der Waals surface area contributed by atoms with Gasteiger partial charge in [-0.15, -0.1) is 0 Å². The molecule has 1 aromatic carbocycles. The maximum atomic E-state index is 11.7. The summed E-state index contributed by atoms with van der Waals surface area (Å²) in [6.45, 7) is 1.59. The highest BCUT2D eigenvalue weighted by atomic mass is 35.5. The van der Waals surface area contributed by atoms with Crippen LogP contribution in [0.25, 0.3) is 0 Å². The van der Waals surface area contributed by atoms with Gasteiger partial charge in [0.15, 0.2) is 11.2 Å². The van der Waals surface area contributed by atoms with Crippen LogP contribution in [0.1, 0.15) is 6.92 Å². The Hall–Kier alpha value is -1.24. The average Bonchev–Trinajstić information content (AvgIpc) is 2.38. The lowest BCUT2D eigenvalue weighted by atomic mass is 10.3. The van der Waals surface area contributed by atoms with Crippen LogP contribution >= 0.6 is 35.4 Å². The van der Waals surface area contributed by atoms with Gasteiger partial charge < -0.3 is 10.1 Å². The number of amides is 1. The van der Waals surface area contributed by atoms with Crippen LogP contribution in [0.15, 0.2) is 18.2 Å². The fourth-order valence-corrected chi connectivity index (χ4v) is 1.60. The zero-order valence-corrected chi connectivity index (χ0v) is 12.6. The van der Waals surface area contributed by atoms with Crippen LogP contribution < -0.4 is 20.9 Å². The molecular weight excluding hydrogens is 309 g/mol. The molecular formula is C11H13Cl2N3O2S. The highest BCUT2D eigenvalue weighted by Crippen LogP contribution is 2.28. The zero-order chi connectivity index (χ0) is 14.4. The molecule has 0 saturated carbocycles. The van der Waals surface area contributed by atoms with E-state index in [-0.39, 0.29) is 5.91 Å². The van der Waals surface area contributed by atoms with Crippen LogP contribution in [0.5, 0.6) is 5.75 Å². The van der Waals surface area contributed by atoms with Crippen molar-refractivity contribution in [2.45, 2.75) is 13.0 Å². The third-order valence-electron chi connectivity index (χ3n) is 2.09. The minimum absolute atomic E-state index is 0.296. The van der Waals surface area contributed by atoms with Crippen LogP contribution in [0, 0.1) is 0 Å². The van der Waals surface area contributed by atoms with E-state index in [1.165, 1.54) is 6.07 Å². The average molecular weight is 322 g/mol. The molecule has 0 aromatic heterocycles. The molecule has 0 saturated heterocycles.